The highest BCUT2D eigenvalue weighted by Crippen LogP contribution is 2.23. The van der Waals surface area contributed by atoms with Gasteiger partial charge in [-0.25, -0.2) is 0 Å². The number of aromatic hydroxyl groups is 1. The minimum atomic E-state index is 0.269. The number of allylic oxidation sites excluding steroid dienone is 1. The van der Waals surface area contributed by atoms with Gasteiger partial charge in [0.25, 0.3) is 0 Å². The van der Waals surface area contributed by atoms with Gasteiger partial charge in [-0.1, -0.05) is 36.4 Å². The first-order valence-corrected chi connectivity index (χ1v) is 5.89. The predicted molar refractivity (Wildman–Crippen MR) is 72.8 cm³/mol. The second-order valence-corrected chi connectivity index (χ2v) is 4.01. The highest BCUT2D eigenvalue weighted by atomic mass is 16.5. The normalized spacial score (nSPS) is 10.0. The molecule has 0 amide bonds. The molecule has 0 saturated carbocycles. The van der Waals surface area contributed by atoms with Crippen LogP contribution in [0.3, 0.4) is 0 Å². The predicted octanol–water partition coefficient (Wildman–Crippen LogP) is 3.70. The maximum absolute atomic E-state index is 9.88. The molecule has 0 radical (unpaired) electrons. The van der Waals surface area contributed by atoms with Crippen LogP contribution >= 0.6 is 0 Å². The highest BCUT2D eigenvalue weighted by Gasteiger charge is 2.07. The molecule has 0 saturated heterocycles. The Hall–Kier alpha value is -2.22. The van der Waals surface area contributed by atoms with Crippen molar-refractivity contribution in [3.05, 3.63) is 72.3 Å². The lowest BCUT2D eigenvalue weighted by atomic mass is 10.0. The molecule has 0 aliphatic carbocycles. The lowest BCUT2D eigenvalue weighted by molar-refractivity contribution is 0.298. The quantitative estimate of drug-likeness (QED) is 0.807. The molecule has 92 valence electrons. The van der Waals surface area contributed by atoms with Crippen LogP contribution in [0, 0.1) is 0 Å². The summed E-state index contributed by atoms with van der Waals surface area (Å²) in [6.07, 6.45) is 2.54. The molecule has 0 aliphatic heterocycles. The molecule has 2 nitrogen and oxygen atoms in total. The van der Waals surface area contributed by atoms with Gasteiger partial charge in [0.05, 0.1) is 0 Å². The van der Waals surface area contributed by atoms with Crippen molar-refractivity contribution in [3.63, 3.8) is 0 Å². The highest BCUT2D eigenvalue weighted by molar-refractivity contribution is 5.40. The number of hydrogen-bond donors (Lipinski definition) is 1. The van der Waals surface area contributed by atoms with Crippen molar-refractivity contribution in [1.29, 1.82) is 0 Å². The van der Waals surface area contributed by atoms with Crippen molar-refractivity contribution in [2.24, 2.45) is 0 Å². The standard InChI is InChI=1S/C16H16O2/c1-2-7-13-8-6-11-16(17)15(13)12-18-14-9-4-3-5-10-14/h2-6,8-11,17H,1,7,12H2. The van der Waals surface area contributed by atoms with Crippen LogP contribution in [-0.2, 0) is 13.0 Å². The number of ether oxygens (including phenoxy) is 1. The fourth-order valence-electron chi connectivity index (χ4n) is 1.81. The summed E-state index contributed by atoms with van der Waals surface area (Å²) in [4.78, 5) is 0. The lowest BCUT2D eigenvalue weighted by Gasteiger charge is -2.11. The topological polar surface area (TPSA) is 29.5 Å². The zero-order chi connectivity index (χ0) is 12.8. The monoisotopic (exact) mass is 240 g/mol. The summed E-state index contributed by atoms with van der Waals surface area (Å²) in [7, 11) is 0. The summed E-state index contributed by atoms with van der Waals surface area (Å²) < 4.78 is 5.67. The molecule has 0 aliphatic rings. The molecule has 0 fully saturated rings. The van der Waals surface area contributed by atoms with E-state index in [1.54, 1.807) is 6.07 Å². The SMILES string of the molecule is C=CCc1cccc(O)c1COc1ccccc1. The second kappa shape index (κ2) is 5.92. The van der Waals surface area contributed by atoms with Crippen LogP contribution in [0.5, 0.6) is 11.5 Å². The van der Waals surface area contributed by atoms with Gasteiger partial charge in [-0.05, 0) is 30.2 Å². The molecule has 2 aromatic carbocycles. The van der Waals surface area contributed by atoms with Crippen LogP contribution in [-0.4, -0.2) is 5.11 Å². The van der Waals surface area contributed by atoms with Crippen molar-refractivity contribution >= 4 is 0 Å². The number of para-hydroxylation sites is 1. The van der Waals surface area contributed by atoms with Crippen molar-refractivity contribution in [1.82, 2.24) is 0 Å². The number of rotatable bonds is 5. The van der Waals surface area contributed by atoms with Crippen molar-refractivity contribution in [3.8, 4) is 11.5 Å². The molecule has 2 heteroatoms. The van der Waals surface area contributed by atoms with E-state index in [1.165, 1.54) is 0 Å². The number of benzene rings is 2. The Morgan fingerprint density at radius 3 is 2.56 bits per heavy atom. The average molecular weight is 240 g/mol. The Morgan fingerprint density at radius 1 is 1.06 bits per heavy atom. The number of hydrogen-bond acceptors (Lipinski definition) is 2. The average Bonchev–Trinajstić information content (AvgIpc) is 2.40. The molecule has 18 heavy (non-hydrogen) atoms. The van der Waals surface area contributed by atoms with E-state index in [2.05, 4.69) is 6.58 Å². The number of phenols is 1. The Kier molecular flexibility index (Phi) is 4.02. The van der Waals surface area contributed by atoms with E-state index in [9.17, 15) is 5.11 Å². The molecule has 0 bridgehead atoms. The Balaban J connectivity index is 2.15. The summed E-state index contributed by atoms with van der Waals surface area (Å²) in [5, 5.41) is 9.88. The molecule has 0 unspecified atom stereocenters. The van der Waals surface area contributed by atoms with Gasteiger partial charge in [0.1, 0.15) is 18.1 Å². The third-order valence-electron chi connectivity index (χ3n) is 2.74. The van der Waals surface area contributed by atoms with Crippen molar-refractivity contribution in [2.45, 2.75) is 13.0 Å². The molecule has 0 heterocycles. The number of phenolic OH excluding ortho intramolecular Hbond substituents is 1. The Labute approximate surface area is 107 Å². The summed E-state index contributed by atoms with van der Waals surface area (Å²) in [6, 6.07) is 15.1. The summed E-state index contributed by atoms with van der Waals surface area (Å²) in [5.41, 5.74) is 1.86. The minimum Gasteiger partial charge on any atom is -0.508 e. The molecule has 0 atom stereocenters. The molecule has 2 aromatic rings. The van der Waals surface area contributed by atoms with Gasteiger partial charge in [-0.15, -0.1) is 6.58 Å². The van der Waals surface area contributed by atoms with Crippen LogP contribution in [0.4, 0.5) is 0 Å². The third-order valence-corrected chi connectivity index (χ3v) is 2.74. The zero-order valence-corrected chi connectivity index (χ0v) is 10.2. The van der Waals surface area contributed by atoms with Gasteiger partial charge in [0.15, 0.2) is 0 Å². The van der Waals surface area contributed by atoms with Gasteiger partial charge in [-0.3, -0.25) is 0 Å². The first kappa shape index (κ1) is 12.2. The summed E-state index contributed by atoms with van der Waals surface area (Å²) >= 11 is 0. The van der Waals surface area contributed by atoms with Crippen LogP contribution < -0.4 is 4.74 Å². The van der Waals surface area contributed by atoms with E-state index < -0.39 is 0 Å². The van der Waals surface area contributed by atoms with E-state index in [4.69, 9.17) is 4.74 Å². The van der Waals surface area contributed by atoms with Gasteiger partial charge in [-0.2, -0.15) is 0 Å². The Morgan fingerprint density at radius 2 is 1.83 bits per heavy atom. The lowest BCUT2D eigenvalue weighted by Crippen LogP contribution is -2.00. The third kappa shape index (κ3) is 2.92. The van der Waals surface area contributed by atoms with Crippen LogP contribution in [0.15, 0.2) is 61.2 Å². The van der Waals surface area contributed by atoms with E-state index in [1.807, 2.05) is 48.5 Å². The first-order chi connectivity index (χ1) is 8.81. The largest absolute Gasteiger partial charge is 0.508 e. The van der Waals surface area contributed by atoms with E-state index in [-0.39, 0.29) is 5.75 Å². The molecular weight excluding hydrogens is 224 g/mol. The molecular formula is C16H16O2. The van der Waals surface area contributed by atoms with Crippen LogP contribution in [0.2, 0.25) is 0 Å². The fraction of sp³-hybridized carbons (Fsp3) is 0.125. The fourth-order valence-corrected chi connectivity index (χ4v) is 1.81. The van der Waals surface area contributed by atoms with E-state index >= 15 is 0 Å². The van der Waals surface area contributed by atoms with Crippen molar-refractivity contribution < 1.29 is 9.84 Å². The molecule has 0 spiro atoms. The van der Waals surface area contributed by atoms with Gasteiger partial charge in [0, 0.05) is 5.56 Å². The van der Waals surface area contributed by atoms with E-state index in [0.717, 1.165) is 23.3 Å². The first-order valence-electron chi connectivity index (χ1n) is 5.89. The second-order valence-electron chi connectivity index (χ2n) is 4.01. The maximum atomic E-state index is 9.88. The maximum Gasteiger partial charge on any atom is 0.122 e. The summed E-state index contributed by atoms with van der Waals surface area (Å²) in [5.74, 6) is 1.07. The Bertz CT molecular complexity index is 518. The van der Waals surface area contributed by atoms with Crippen LogP contribution in [0.1, 0.15) is 11.1 Å². The van der Waals surface area contributed by atoms with E-state index in [0.29, 0.717) is 6.61 Å². The van der Waals surface area contributed by atoms with Gasteiger partial charge in [0.2, 0.25) is 0 Å². The zero-order valence-electron chi connectivity index (χ0n) is 10.2. The minimum absolute atomic E-state index is 0.269. The smallest absolute Gasteiger partial charge is 0.122 e. The molecule has 0 aromatic heterocycles. The summed E-state index contributed by atoms with van der Waals surface area (Å²) in [6.45, 7) is 4.08. The molecule has 1 N–H and O–H groups in total. The van der Waals surface area contributed by atoms with Gasteiger partial charge >= 0.3 is 0 Å². The van der Waals surface area contributed by atoms with Crippen molar-refractivity contribution in [2.75, 3.05) is 0 Å². The van der Waals surface area contributed by atoms with Gasteiger partial charge < -0.3 is 9.84 Å². The molecule has 2 rings (SSSR count). The van der Waals surface area contributed by atoms with Crippen LogP contribution in [0.25, 0.3) is 0 Å².